The number of benzene rings is 1. The van der Waals surface area contributed by atoms with E-state index in [1.807, 2.05) is 6.20 Å². The zero-order chi connectivity index (χ0) is 8.84. The SMILES string of the molecule is Brc1c[nH]c2ccc3c(c12)COC3. The molecule has 0 unspecified atom stereocenters. The van der Waals surface area contributed by atoms with Gasteiger partial charge in [-0.3, -0.25) is 0 Å². The number of aromatic amines is 1. The van der Waals surface area contributed by atoms with Gasteiger partial charge in [-0.05, 0) is 33.1 Å². The van der Waals surface area contributed by atoms with Gasteiger partial charge in [0.15, 0.2) is 0 Å². The van der Waals surface area contributed by atoms with E-state index in [2.05, 4.69) is 33.0 Å². The molecule has 3 heteroatoms. The second-order valence-corrected chi connectivity index (χ2v) is 4.11. The first-order valence-corrected chi connectivity index (χ1v) is 5.00. The summed E-state index contributed by atoms with van der Waals surface area (Å²) in [6.07, 6.45) is 1.98. The molecule has 0 aliphatic carbocycles. The Morgan fingerprint density at radius 2 is 2.23 bits per heavy atom. The lowest BCUT2D eigenvalue weighted by Gasteiger charge is -1.98. The average molecular weight is 238 g/mol. The van der Waals surface area contributed by atoms with Crippen LogP contribution in [0.2, 0.25) is 0 Å². The second-order valence-electron chi connectivity index (χ2n) is 3.26. The molecular weight excluding hydrogens is 230 g/mol. The van der Waals surface area contributed by atoms with Gasteiger partial charge >= 0.3 is 0 Å². The fourth-order valence-corrected chi connectivity index (χ4v) is 2.43. The van der Waals surface area contributed by atoms with Crippen LogP contribution in [-0.4, -0.2) is 4.98 Å². The van der Waals surface area contributed by atoms with E-state index in [0.29, 0.717) is 0 Å². The molecule has 2 aromatic rings. The lowest BCUT2D eigenvalue weighted by Crippen LogP contribution is -1.82. The van der Waals surface area contributed by atoms with Crippen LogP contribution < -0.4 is 0 Å². The van der Waals surface area contributed by atoms with E-state index in [9.17, 15) is 0 Å². The van der Waals surface area contributed by atoms with Gasteiger partial charge in [0.2, 0.25) is 0 Å². The maximum atomic E-state index is 5.41. The van der Waals surface area contributed by atoms with Crippen LogP contribution in [0.15, 0.2) is 22.8 Å². The molecule has 2 nitrogen and oxygen atoms in total. The summed E-state index contributed by atoms with van der Waals surface area (Å²) in [5.41, 5.74) is 3.81. The quantitative estimate of drug-likeness (QED) is 0.749. The van der Waals surface area contributed by atoms with Gasteiger partial charge in [0.05, 0.1) is 13.2 Å². The normalized spacial score (nSPS) is 15.2. The van der Waals surface area contributed by atoms with Crippen molar-refractivity contribution < 1.29 is 4.74 Å². The Kier molecular flexibility index (Phi) is 1.51. The Bertz CT molecular complexity index is 475. The standard InChI is InChI=1S/C10H8BrNO/c11-8-3-12-9-2-1-6-4-13-5-7(6)10(8)9/h1-3,12H,4-5H2. The summed E-state index contributed by atoms with van der Waals surface area (Å²) in [4.78, 5) is 3.22. The first-order valence-electron chi connectivity index (χ1n) is 4.21. The third-order valence-corrected chi connectivity index (χ3v) is 3.13. The Morgan fingerprint density at radius 1 is 1.31 bits per heavy atom. The zero-order valence-electron chi connectivity index (χ0n) is 6.93. The molecule has 3 rings (SSSR count). The lowest BCUT2D eigenvalue weighted by molar-refractivity contribution is 0.135. The predicted molar refractivity (Wildman–Crippen MR) is 54.5 cm³/mol. The van der Waals surface area contributed by atoms with Crippen molar-refractivity contribution in [2.75, 3.05) is 0 Å². The number of ether oxygens (including phenoxy) is 1. The number of halogens is 1. The monoisotopic (exact) mass is 237 g/mol. The molecule has 1 aromatic heterocycles. The molecule has 1 N–H and O–H groups in total. The van der Waals surface area contributed by atoms with E-state index < -0.39 is 0 Å². The summed E-state index contributed by atoms with van der Waals surface area (Å²) in [5.74, 6) is 0. The van der Waals surface area contributed by atoms with E-state index in [4.69, 9.17) is 4.74 Å². The summed E-state index contributed by atoms with van der Waals surface area (Å²) in [6, 6.07) is 4.24. The molecule has 0 bridgehead atoms. The van der Waals surface area contributed by atoms with Crippen molar-refractivity contribution in [3.63, 3.8) is 0 Å². The second kappa shape index (κ2) is 2.59. The Hall–Kier alpha value is -0.800. The van der Waals surface area contributed by atoms with Gasteiger partial charge in [-0.15, -0.1) is 0 Å². The lowest BCUT2D eigenvalue weighted by atomic mass is 10.1. The summed E-state index contributed by atoms with van der Waals surface area (Å²) in [5, 5.41) is 1.27. The minimum absolute atomic E-state index is 0.739. The molecular formula is C10H8BrNO. The van der Waals surface area contributed by atoms with Crippen LogP contribution in [0.5, 0.6) is 0 Å². The molecule has 0 radical (unpaired) electrons. The molecule has 66 valence electrons. The van der Waals surface area contributed by atoms with Crippen molar-refractivity contribution in [1.29, 1.82) is 0 Å². The Balaban J connectivity index is 2.47. The molecule has 1 aromatic carbocycles. The first kappa shape index (κ1) is 7.59. The van der Waals surface area contributed by atoms with Crippen LogP contribution >= 0.6 is 15.9 Å². The number of nitrogens with one attached hydrogen (secondary N) is 1. The summed E-state index contributed by atoms with van der Waals surface area (Å²) in [7, 11) is 0. The van der Waals surface area contributed by atoms with Crippen molar-refractivity contribution in [2.45, 2.75) is 13.2 Å². The number of H-pyrrole nitrogens is 1. The van der Waals surface area contributed by atoms with Crippen molar-refractivity contribution in [2.24, 2.45) is 0 Å². The number of rotatable bonds is 0. The average Bonchev–Trinajstić information content (AvgIpc) is 2.70. The Labute approximate surface area is 84.0 Å². The molecule has 13 heavy (non-hydrogen) atoms. The van der Waals surface area contributed by atoms with Crippen LogP contribution in [0.1, 0.15) is 11.1 Å². The van der Waals surface area contributed by atoms with Gasteiger partial charge in [-0.2, -0.15) is 0 Å². The highest BCUT2D eigenvalue weighted by Crippen LogP contribution is 2.33. The van der Waals surface area contributed by atoms with E-state index >= 15 is 0 Å². The van der Waals surface area contributed by atoms with Crippen LogP contribution in [0.3, 0.4) is 0 Å². The molecule has 0 fully saturated rings. The number of aromatic nitrogens is 1. The maximum absolute atomic E-state index is 5.41. The Morgan fingerprint density at radius 3 is 3.15 bits per heavy atom. The zero-order valence-corrected chi connectivity index (χ0v) is 8.52. The van der Waals surface area contributed by atoms with Crippen molar-refractivity contribution in [1.82, 2.24) is 4.98 Å². The van der Waals surface area contributed by atoms with Gasteiger partial charge in [-0.1, -0.05) is 6.07 Å². The predicted octanol–water partition coefficient (Wildman–Crippen LogP) is 2.96. The van der Waals surface area contributed by atoms with Gasteiger partial charge in [0.1, 0.15) is 0 Å². The highest BCUT2D eigenvalue weighted by molar-refractivity contribution is 9.10. The van der Waals surface area contributed by atoms with E-state index in [0.717, 1.165) is 17.7 Å². The van der Waals surface area contributed by atoms with Gasteiger partial charge in [-0.25, -0.2) is 0 Å². The van der Waals surface area contributed by atoms with Gasteiger partial charge in [0.25, 0.3) is 0 Å². The van der Waals surface area contributed by atoms with Crippen molar-refractivity contribution >= 4 is 26.8 Å². The summed E-state index contributed by atoms with van der Waals surface area (Å²) in [6.45, 7) is 1.49. The van der Waals surface area contributed by atoms with Crippen molar-refractivity contribution in [3.05, 3.63) is 33.9 Å². The molecule has 2 heterocycles. The van der Waals surface area contributed by atoms with Crippen LogP contribution in [0, 0.1) is 0 Å². The highest BCUT2D eigenvalue weighted by Gasteiger charge is 2.16. The molecule has 0 atom stereocenters. The van der Waals surface area contributed by atoms with Gasteiger partial charge in [0, 0.05) is 21.6 Å². The fraction of sp³-hybridized carbons (Fsp3) is 0.200. The molecule has 0 amide bonds. The van der Waals surface area contributed by atoms with Crippen LogP contribution in [0.25, 0.3) is 10.9 Å². The number of hydrogen-bond acceptors (Lipinski definition) is 1. The minimum Gasteiger partial charge on any atom is -0.372 e. The molecule has 0 spiro atoms. The molecule has 0 saturated heterocycles. The van der Waals surface area contributed by atoms with E-state index in [1.54, 1.807) is 0 Å². The maximum Gasteiger partial charge on any atom is 0.0731 e. The third kappa shape index (κ3) is 0.974. The first-order chi connectivity index (χ1) is 6.36. The minimum atomic E-state index is 0.739. The van der Waals surface area contributed by atoms with Crippen molar-refractivity contribution in [3.8, 4) is 0 Å². The third-order valence-electron chi connectivity index (χ3n) is 2.51. The number of hydrogen-bond donors (Lipinski definition) is 1. The number of fused-ring (bicyclic) bond motifs is 3. The topological polar surface area (TPSA) is 25.0 Å². The largest absolute Gasteiger partial charge is 0.372 e. The highest BCUT2D eigenvalue weighted by atomic mass is 79.9. The smallest absolute Gasteiger partial charge is 0.0731 e. The van der Waals surface area contributed by atoms with Crippen LogP contribution in [0.4, 0.5) is 0 Å². The van der Waals surface area contributed by atoms with Crippen LogP contribution in [-0.2, 0) is 18.0 Å². The fourth-order valence-electron chi connectivity index (χ4n) is 1.86. The van der Waals surface area contributed by atoms with E-state index in [1.165, 1.54) is 22.0 Å². The molecule has 0 saturated carbocycles. The summed E-state index contributed by atoms with van der Waals surface area (Å²) >= 11 is 3.53. The molecule has 1 aliphatic rings. The summed E-state index contributed by atoms with van der Waals surface area (Å²) < 4.78 is 6.54. The van der Waals surface area contributed by atoms with E-state index in [-0.39, 0.29) is 0 Å². The molecule has 1 aliphatic heterocycles. The van der Waals surface area contributed by atoms with Gasteiger partial charge < -0.3 is 9.72 Å².